The van der Waals surface area contributed by atoms with Crippen molar-refractivity contribution in [1.29, 1.82) is 0 Å². The summed E-state index contributed by atoms with van der Waals surface area (Å²) < 4.78 is 35.6. The van der Waals surface area contributed by atoms with E-state index in [0.29, 0.717) is 5.69 Å². The first-order valence-corrected chi connectivity index (χ1v) is 9.66. The van der Waals surface area contributed by atoms with Crippen LogP contribution in [0.5, 0.6) is 11.5 Å². The Morgan fingerprint density at radius 3 is 2.42 bits per heavy atom. The Labute approximate surface area is 157 Å². The summed E-state index contributed by atoms with van der Waals surface area (Å²) in [7, 11) is -4.16. The SMILES string of the molecule is CC(C)(C)c1ccc(OS(=O)(=O)c2cc3c(cc2Cl)NC(=O)CO3)cc1. The van der Waals surface area contributed by atoms with Gasteiger partial charge in [-0.05, 0) is 29.2 Å². The van der Waals surface area contributed by atoms with Gasteiger partial charge in [-0.15, -0.1) is 0 Å². The van der Waals surface area contributed by atoms with Crippen LogP contribution in [0.3, 0.4) is 0 Å². The monoisotopic (exact) mass is 395 g/mol. The van der Waals surface area contributed by atoms with E-state index in [1.165, 1.54) is 12.1 Å². The molecule has 0 radical (unpaired) electrons. The third kappa shape index (κ3) is 3.78. The first kappa shape index (κ1) is 18.5. The summed E-state index contributed by atoms with van der Waals surface area (Å²) in [6.45, 7) is 5.99. The summed E-state index contributed by atoms with van der Waals surface area (Å²) in [6.07, 6.45) is 0. The number of amides is 1. The second-order valence-corrected chi connectivity index (χ2v) is 8.85. The van der Waals surface area contributed by atoms with Gasteiger partial charge in [0.2, 0.25) is 0 Å². The molecule has 0 bridgehead atoms. The molecule has 0 saturated heterocycles. The van der Waals surface area contributed by atoms with Gasteiger partial charge in [0.25, 0.3) is 5.91 Å². The zero-order valence-corrected chi connectivity index (χ0v) is 16.1. The number of rotatable bonds is 3. The van der Waals surface area contributed by atoms with Gasteiger partial charge in [-0.1, -0.05) is 44.5 Å². The normalized spacial score (nSPS) is 14.2. The third-order valence-corrected chi connectivity index (χ3v) is 5.58. The topological polar surface area (TPSA) is 81.7 Å². The maximum Gasteiger partial charge on any atom is 0.340 e. The largest absolute Gasteiger partial charge is 0.482 e. The molecule has 0 atom stereocenters. The predicted molar refractivity (Wildman–Crippen MR) is 98.5 cm³/mol. The first-order chi connectivity index (χ1) is 12.1. The fourth-order valence-electron chi connectivity index (χ4n) is 2.46. The van der Waals surface area contributed by atoms with Gasteiger partial charge >= 0.3 is 10.1 Å². The number of halogens is 1. The Morgan fingerprint density at radius 1 is 1.15 bits per heavy atom. The van der Waals surface area contributed by atoms with E-state index in [2.05, 4.69) is 26.1 Å². The summed E-state index contributed by atoms with van der Waals surface area (Å²) in [5.74, 6) is 0.0691. The fraction of sp³-hybridized carbons (Fsp3) is 0.278. The van der Waals surface area contributed by atoms with Crippen LogP contribution in [-0.4, -0.2) is 20.9 Å². The highest BCUT2D eigenvalue weighted by Crippen LogP contribution is 2.36. The van der Waals surface area contributed by atoms with Crippen LogP contribution < -0.4 is 14.2 Å². The van der Waals surface area contributed by atoms with Crippen LogP contribution in [0.2, 0.25) is 5.02 Å². The maximum absolute atomic E-state index is 12.6. The summed E-state index contributed by atoms with van der Waals surface area (Å²) >= 11 is 6.08. The number of hydrogen-bond acceptors (Lipinski definition) is 5. The molecule has 138 valence electrons. The van der Waals surface area contributed by atoms with Crippen LogP contribution in [0.1, 0.15) is 26.3 Å². The van der Waals surface area contributed by atoms with E-state index in [0.717, 1.165) is 5.56 Å². The number of ether oxygens (including phenoxy) is 1. The van der Waals surface area contributed by atoms with Crippen molar-refractivity contribution >= 4 is 33.3 Å². The molecular weight excluding hydrogens is 378 g/mol. The molecule has 1 N–H and O–H groups in total. The standard InChI is InChI=1S/C18H18ClNO5S/c1-18(2,3)11-4-6-12(7-5-11)25-26(22,23)16-9-15-14(8-13(16)19)20-17(21)10-24-15/h4-9H,10H2,1-3H3,(H,20,21). The van der Waals surface area contributed by atoms with Crippen LogP contribution >= 0.6 is 11.6 Å². The van der Waals surface area contributed by atoms with E-state index in [1.807, 2.05) is 12.1 Å². The molecule has 1 amide bonds. The van der Waals surface area contributed by atoms with E-state index < -0.39 is 10.1 Å². The second kappa shape index (κ2) is 6.48. The molecule has 1 aliphatic heterocycles. The number of carbonyl (C=O) groups is 1. The molecule has 0 unspecified atom stereocenters. The van der Waals surface area contributed by atoms with Gasteiger partial charge in [-0.25, -0.2) is 0 Å². The summed E-state index contributed by atoms with van der Waals surface area (Å²) in [6, 6.07) is 9.40. The van der Waals surface area contributed by atoms with Gasteiger partial charge in [0, 0.05) is 6.07 Å². The summed E-state index contributed by atoms with van der Waals surface area (Å²) in [5, 5.41) is 2.50. The van der Waals surface area contributed by atoms with Crippen LogP contribution in [0.25, 0.3) is 0 Å². The lowest BCUT2D eigenvalue weighted by atomic mass is 9.87. The van der Waals surface area contributed by atoms with Crippen molar-refractivity contribution < 1.29 is 22.1 Å². The van der Waals surface area contributed by atoms with Gasteiger partial charge in [-0.3, -0.25) is 4.79 Å². The predicted octanol–water partition coefficient (Wildman–Crippen LogP) is 3.74. The van der Waals surface area contributed by atoms with Gasteiger partial charge in [0.15, 0.2) is 6.61 Å². The van der Waals surface area contributed by atoms with E-state index in [1.54, 1.807) is 12.1 Å². The maximum atomic E-state index is 12.6. The highest BCUT2D eigenvalue weighted by Gasteiger charge is 2.26. The number of fused-ring (bicyclic) bond motifs is 1. The Kier molecular flexibility index (Phi) is 4.62. The molecule has 0 aliphatic carbocycles. The highest BCUT2D eigenvalue weighted by molar-refractivity contribution is 7.87. The van der Waals surface area contributed by atoms with Crippen molar-refractivity contribution in [2.45, 2.75) is 31.1 Å². The van der Waals surface area contributed by atoms with Gasteiger partial charge in [-0.2, -0.15) is 8.42 Å². The molecule has 2 aromatic carbocycles. The molecular formula is C18H18ClNO5S. The molecule has 26 heavy (non-hydrogen) atoms. The highest BCUT2D eigenvalue weighted by atomic mass is 35.5. The Balaban J connectivity index is 1.90. The number of hydrogen-bond donors (Lipinski definition) is 1. The average Bonchev–Trinajstić information content (AvgIpc) is 2.53. The lowest BCUT2D eigenvalue weighted by molar-refractivity contribution is -0.118. The zero-order chi connectivity index (χ0) is 19.1. The minimum absolute atomic E-state index is 0.0546. The molecule has 6 nitrogen and oxygen atoms in total. The second-order valence-electron chi connectivity index (χ2n) is 6.93. The Morgan fingerprint density at radius 2 is 1.81 bits per heavy atom. The van der Waals surface area contributed by atoms with Crippen LogP contribution in [0.15, 0.2) is 41.3 Å². The molecule has 1 heterocycles. The van der Waals surface area contributed by atoms with E-state index in [9.17, 15) is 13.2 Å². The molecule has 0 fully saturated rings. The number of benzene rings is 2. The van der Waals surface area contributed by atoms with Crippen LogP contribution in [0.4, 0.5) is 5.69 Å². The average molecular weight is 396 g/mol. The van der Waals surface area contributed by atoms with Gasteiger partial charge in [0.05, 0.1) is 10.7 Å². The first-order valence-electron chi connectivity index (χ1n) is 7.87. The lowest BCUT2D eigenvalue weighted by Gasteiger charge is -2.20. The molecule has 2 aromatic rings. The summed E-state index contributed by atoms with van der Waals surface area (Å²) in [5.41, 5.74) is 1.32. The Bertz CT molecular complexity index is 962. The van der Waals surface area contributed by atoms with Crippen molar-refractivity contribution in [3.63, 3.8) is 0 Å². The van der Waals surface area contributed by atoms with E-state index >= 15 is 0 Å². The van der Waals surface area contributed by atoms with Crippen LogP contribution in [0, 0.1) is 0 Å². The van der Waals surface area contributed by atoms with Crippen molar-refractivity contribution in [1.82, 2.24) is 0 Å². The quantitative estimate of drug-likeness (QED) is 0.800. The van der Waals surface area contributed by atoms with Crippen molar-refractivity contribution in [3.8, 4) is 11.5 Å². The third-order valence-electron chi connectivity index (χ3n) is 3.86. The van der Waals surface area contributed by atoms with Gasteiger partial charge in [0.1, 0.15) is 16.4 Å². The Hall–Kier alpha value is -2.25. The van der Waals surface area contributed by atoms with Crippen LogP contribution in [-0.2, 0) is 20.3 Å². The number of carbonyl (C=O) groups excluding carboxylic acids is 1. The van der Waals surface area contributed by atoms with E-state index in [4.69, 9.17) is 20.5 Å². The van der Waals surface area contributed by atoms with E-state index in [-0.39, 0.29) is 39.3 Å². The number of nitrogens with one attached hydrogen (secondary N) is 1. The van der Waals surface area contributed by atoms with Crippen molar-refractivity contribution in [2.24, 2.45) is 0 Å². The minimum Gasteiger partial charge on any atom is -0.482 e. The molecule has 0 saturated carbocycles. The fourth-order valence-corrected chi connectivity index (χ4v) is 3.91. The molecule has 0 spiro atoms. The minimum atomic E-state index is -4.16. The molecule has 0 aromatic heterocycles. The van der Waals surface area contributed by atoms with Gasteiger partial charge < -0.3 is 14.2 Å². The van der Waals surface area contributed by atoms with Crippen molar-refractivity contribution in [3.05, 3.63) is 47.0 Å². The zero-order valence-electron chi connectivity index (χ0n) is 14.5. The summed E-state index contributed by atoms with van der Waals surface area (Å²) in [4.78, 5) is 11.1. The molecule has 3 rings (SSSR count). The van der Waals surface area contributed by atoms with Crippen molar-refractivity contribution in [2.75, 3.05) is 11.9 Å². The lowest BCUT2D eigenvalue weighted by Crippen LogP contribution is -2.25. The molecule has 1 aliphatic rings. The smallest absolute Gasteiger partial charge is 0.340 e. The number of anilines is 1. The molecule has 8 heteroatoms.